The summed E-state index contributed by atoms with van der Waals surface area (Å²) < 4.78 is 29.8. The van der Waals surface area contributed by atoms with Gasteiger partial charge in [-0.25, -0.2) is 18.1 Å². The van der Waals surface area contributed by atoms with E-state index in [-0.39, 0.29) is 16.8 Å². The third-order valence-electron chi connectivity index (χ3n) is 7.23. The highest BCUT2D eigenvalue weighted by molar-refractivity contribution is 7.90. The van der Waals surface area contributed by atoms with Crippen molar-refractivity contribution in [2.75, 3.05) is 5.75 Å². The first kappa shape index (κ1) is 32.3. The Balaban J connectivity index is 1.68. The molecule has 0 spiro atoms. The van der Waals surface area contributed by atoms with Crippen molar-refractivity contribution in [2.24, 2.45) is 5.92 Å². The Hall–Kier alpha value is -3.63. The zero-order valence-electron chi connectivity index (χ0n) is 25.3. The van der Waals surface area contributed by atoms with Gasteiger partial charge in [0, 0.05) is 42.8 Å². The van der Waals surface area contributed by atoms with Gasteiger partial charge in [0.15, 0.2) is 0 Å². The van der Waals surface area contributed by atoms with Crippen LogP contribution in [0.3, 0.4) is 0 Å². The summed E-state index contributed by atoms with van der Waals surface area (Å²) in [5.74, 6) is 1.20. The number of fused-ring (bicyclic) bond motifs is 1. The Morgan fingerprint density at radius 3 is 2.37 bits per heavy atom. The summed E-state index contributed by atoms with van der Waals surface area (Å²) in [6.07, 6.45) is 2.57. The van der Waals surface area contributed by atoms with Crippen LogP contribution < -0.4 is 10.0 Å². The van der Waals surface area contributed by atoms with E-state index in [4.69, 9.17) is 4.98 Å². The van der Waals surface area contributed by atoms with Crippen LogP contribution in [0.15, 0.2) is 65.6 Å². The molecule has 0 radical (unpaired) electrons. The molecule has 4 aromatic rings. The Kier molecular flexibility index (Phi) is 10.3. The number of aromatic nitrogens is 2. The molecule has 0 fully saturated rings. The van der Waals surface area contributed by atoms with Crippen LogP contribution in [0.25, 0.3) is 22.2 Å². The largest absolute Gasteiger partial charge is 0.348 e. The van der Waals surface area contributed by atoms with Crippen LogP contribution in [-0.4, -0.2) is 41.6 Å². The first-order valence-electron chi connectivity index (χ1n) is 14.6. The summed E-state index contributed by atoms with van der Waals surface area (Å²) in [5.41, 5.74) is 5.53. The summed E-state index contributed by atoms with van der Waals surface area (Å²) in [4.78, 5) is 29.8. The van der Waals surface area contributed by atoms with Gasteiger partial charge in [0.05, 0.1) is 15.9 Å². The van der Waals surface area contributed by atoms with E-state index in [0.29, 0.717) is 34.9 Å². The lowest BCUT2D eigenvalue weighted by Crippen LogP contribution is -2.37. The summed E-state index contributed by atoms with van der Waals surface area (Å²) in [6, 6.07) is 18.1. The lowest BCUT2D eigenvalue weighted by molar-refractivity contribution is -0.117. The number of hydrogen-bond acceptors (Lipinski definition) is 6. The van der Waals surface area contributed by atoms with Crippen LogP contribution in [0, 0.1) is 12.8 Å². The fourth-order valence-electron chi connectivity index (χ4n) is 5.34. The first-order chi connectivity index (χ1) is 20.4. The van der Waals surface area contributed by atoms with Crippen molar-refractivity contribution in [1.82, 2.24) is 19.6 Å². The number of thiol groups is 1. The Labute approximate surface area is 259 Å². The number of imidazole rings is 1. The van der Waals surface area contributed by atoms with Crippen LogP contribution in [0.1, 0.15) is 67.8 Å². The standard InChI is InChI=1S/C33H40N4O4S2/c1-6-9-31-35-32-22(4)17-26(33(39)34-27(20-42)16-21(2)3)18-29(32)37(31)19-24-12-14-25(15-13-24)28-10-7-8-11-30(28)43(40,41)36-23(5)38/h7-8,10-15,17-18,21,27,42H,6,9,16,19-20H2,1-5H3,(H,34,39)(H,36,38)/t27-/m1/s1. The van der Waals surface area contributed by atoms with Gasteiger partial charge < -0.3 is 9.88 Å². The molecule has 3 aromatic carbocycles. The molecule has 43 heavy (non-hydrogen) atoms. The maximum atomic E-state index is 13.3. The van der Waals surface area contributed by atoms with E-state index in [2.05, 4.69) is 48.0 Å². The highest BCUT2D eigenvalue weighted by atomic mass is 32.2. The number of benzene rings is 3. The summed E-state index contributed by atoms with van der Waals surface area (Å²) in [7, 11) is -4.01. The fourth-order valence-corrected chi connectivity index (χ4v) is 6.80. The molecular weight excluding hydrogens is 581 g/mol. The Bertz CT molecular complexity index is 1730. The molecule has 8 nitrogen and oxygen atoms in total. The number of sulfonamides is 1. The van der Waals surface area contributed by atoms with Crippen molar-refractivity contribution in [3.63, 3.8) is 0 Å². The summed E-state index contributed by atoms with van der Waals surface area (Å²) in [6.45, 7) is 10.1. The highest BCUT2D eigenvalue weighted by Crippen LogP contribution is 2.29. The minimum atomic E-state index is -4.01. The van der Waals surface area contributed by atoms with E-state index in [1.807, 2.05) is 43.3 Å². The fraction of sp³-hybridized carbons (Fsp3) is 0.364. The zero-order valence-corrected chi connectivity index (χ0v) is 27.1. The van der Waals surface area contributed by atoms with Gasteiger partial charge in [-0.2, -0.15) is 12.6 Å². The second-order valence-corrected chi connectivity index (χ2v) is 13.4. The van der Waals surface area contributed by atoms with E-state index in [1.54, 1.807) is 18.2 Å². The van der Waals surface area contributed by atoms with E-state index in [9.17, 15) is 18.0 Å². The maximum absolute atomic E-state index is 13.3. The van der Waals surface area contributed by atoms with E-state index >= 15 is 0 Å². The maximum Gasteiger partial charge on any atom is 0.264 e. The van der Waals surface area contributed by atoms with E-state index in [1.165, 1.54) is 13.0 Å². The van der Waals surface area contributed by atoms with Crippen LogP contribution in [-0.2, 0) is 27.8 Å². The van der Waals surface area contributed by atoms with Crippen LogP contribution in [0.4, 0.5) is 0 Å². The molecule has 1 heterocycles. The molecule has 0 saturated carbocycles. The molecule has 0 bridgehead atoms. The molecule has 1 aromatic heterocycles. The molecule has 0 saturated heterocycles. The normalized spacial score (nSPS) is 12.4. The smallest absolute Gasteiger partial charge is 0.264 e. The topological polar surface area (TPSA) is 110 Å². The number of nitrogens with one attached hydrogen (secondary N) is 2. The average molecular weight is 621 g/mol. The lowest BCUT2D eigenvalue weighted by atomic mass is 10.0. The number of hydrogen-bond donors (Lipinski definition) is 3. The number of rotatable bonds is 12. The quantitative estimate of drug-likeness (QED) is 0.171. The predicted molar refractivity (Wildman–Crippen MR) is 175 cm³/mol. The molecule has 0 unspecified atom stereocenters. The Morgan fingerprint density at radius 1 is 1.05 bits per heavy atom. The number of nitrogens with zero attached hydrogens (tertiary/aromatic N) is 2. The molecule has 10 heteroatoms. The molecule has 4 rings (SSSR count). The zero-order chi connectivity index (χ0) is 31.3. The van der Waals surface area contributed by atoms with E-state index in [0.717, 1.165) is 47.2 Å². The van der Waals surface area contributed by atoms with Crippen LogP contribution in [0.2, 0.25) is 0 Å². The highest BCUT2D eigenvalue weighted by Gasteiger charge is 2.21. The van der Waals surface area contributed by atoms with Gasteiger partial charge in [0.25, 0.3) is 15.9 Å². The summed E-state index contributed by atoms with van der Waals surface area (Å²) >= 11 is 4.44. The minimum absolute atomic E-state index is 0.00993. The van der Waals surface area contributed by atoms with Crippen molar-refractivity contribution in [3.05, 3.63) is 83.2 Å². The predicted octanol–water partition coefficient (Wildman–Crippen LogP) is 5.91. The van der Waals surface area contributed by atoms with Gasteiger partial charge in [0.2, 0.25) is 5.91 Å². The SMILES string of the molecule is CCCc1nc2c(C)cc(C(=O)N[C@@H](CS)CC(C)C)cc2n1Cc1ccc(-c2ccccc2S(=O)(=O)NC(C)=O)cc1. The molecule has 1 atom stereocenters. The second-order valence-electron chi connectivity index (χ2n) is 11.4. The van der Waals surface area contributed by atoms with Crippen molar-refractivity contribution >= 4 is 45.5 Å². The van der Waals surface area contributed by atoms with Gasteiger partial charge >= 0.3 is 0 Å². The van der Waals surface area contributed by atoms with Crippen molar-refractivity contribution in [2.45, 2.75) is 71.4 Å². The van der Waals surface area contributed by atoms with Gasteiger partial charge in [-0.3, -0.25) is 9.59 Å². The van der Waals surface area contributed by atoms with Gasteiger partial charge in [-0.15, -0.1) is 0 Å². The number of carbonyl (C=O) groups excluding carboxylic acids is 2. The molecular formula is C33H40N4O4S2. The molecule has 228 valence electrons. The van der Waals surface area contributed by atoms with Crippen molar-refractivity contribution in [1.29, 1.82) is 0 Å². The summed E-state index contributed by atoms with van der Waals surface area (Å²) in [5, 5.41) is 3.14. The van der Waals surface area contributed by atoms with Gasteiger partial charge in [0.1, 0.15) is 5.82 Å². The van der Waals surface area contributed by atoms with Crippen molar-refractivity contribution in [3.8, 4) is 11.1 Å². The molecule has 0 aliphatic carbocycles. The average Bonchev–Trinajstić information content (AvgIpc) is 3.29. The van der Waals surface area contributed by atoms with E-state index < -0.39 is 15.9 Å². The van der Waals surface area contributed by atoms with Crippen LogP contribution in [0.5, 0.6) is 0 Å². The lowest BCUT2D eigenvalue weighted by Gasteiger charge is -2.19. The molecule has 2 amide bonds. The Morgan fingerprint density at radius 2 is 1.74 bits per heavy atom. The minimum Gasteiger partial charge on any atom is -0.348 e. The monoisotopic (exact) mass is 620 g/mol. The first-order valence-corrected chi connectivity index (χ1v) is 16.7. The second kappa shape index (κ2) is 13.8. The third-order valence-corrected chi connectivity index (χ3v) is 9.16. The van der Waals surface area contributed by atoms with Gasteiger partial charge in [-0.05, 0) is 60.6 Å². The van der Waals surface area contributed by atoms with Crippen LogP contribution >= 0.6 is 12.6 Å². The molecule has 0 aliphatic heterocycles. The number of carbonyl (C=O) groups is 2. The number of amides is 2. The van der Waals surface area contributed by atoms with Crippen molar-refractivity contribution < 1.29 is 18.0 Å². The van der Waals surface area contributed by atoms with Gasteiger partial charge in [-0.1, -0.05) is 63.2 Å². The number of aryl methyl sites for hydroxylation is 2. The third kappa shape index (κ3) is 7.67. The molecule has 2 N–H and O–H groups in total. The molecule has 0 aliphatic rings.